The molecule has 3 aromatic carbocycles. The molecule has 13 nitrogen and oxygen atoms in total. The van der Waals surface area contributed by atoms with E-state index in [1.807, 2.05) is 52.0 Å². The number of Topliss-reactive ketones (excluding diaryl/α,β-unsaturated/α-hetero) is 1. The van der Waals surface area contributed by atoms with Gasteiger partial charge in [0.2, 0.25) is 11.8 Å². The van der Waals surface area contributed by atoms with Crippen LogP contribution >= 0.6 is 23.5 Å². The Labute approximate surface area is 292 Å². The van der Waals surface area contributed by atoms with Crippen LogP contribution in [0.15, 0.2) is 52.3 Å². The van der Waals surface area contributed by atoms with Gasteiger partial charge in [-0.15, -0.1) is 53.5 Å². The number of carbonyl (C=O) groups excluding carboxylic acids is 3. The van der Waals surface area contributed by atoms with Crippen molar-refractivity contribution < 1.29 is 24.6 Å². The fourth-order valence-corrected chi connectivity index (χ4v) is 7.15. The molecule has 258 valence electrons. The number of aromatic hydroxyl groups is 2. The second-order valence-electron chi connectivity index (χ2n) is 11.2. The van der Waals surface area contributed by atoms with Crippen LogP contribution in [0.1, 0.15) is 57.8 Å². The molecule has 5 aromatic rings. The molecule has 5 rings (SSSR count). The van der Waals surface area contributed by atoms with Crippen molar-refractivity contribution in [2.24, 2.45) is 0 Å². The van der Waals surface area contributed by atoms with Crippen molar-refractivity contribution in [1.29, 1.82) is 0 Å². The van der Waals surface area contributed by atoms with Crippen molar-refractivity contribution in [2.45, 2.75) is 57.3 Å². The van der Waals surface area contributed by atoms with E-state index in [1.165, 1.54) is 41.3 Å². The van der Waals surface area contributed by atoms with E-state index >= 15 is 0 Å². The Hall–Kier alpha value is -4.63. The number of aromatic nitrogens is 6. The summed E-state index contributed by atoms with van der Waals surface area (Å²) in [5.41, 5.74) is 1.91. The van der Waals surface area contributed by atoms with Gasteiger partial charge in [-0.05, 0) is 77.1 Å². The van der Waals surface area contributed by atoms with Gasteiger partial charge < -0.3 is 20.0 Å². The van der Waals surface area contributed by atoms with E-state index in [1.54, 1.807) is 21.9 Å². The van der Waals surface area contributed by atoms with Gasteiger partial charge in [0, 0.05) is 60.3 Å². The Morgan fingerprint density at radius 1 is 0.653 bits per heavy atom. The fraction of sp³-hybridized carbons (Fsp3) is 0.382. The predicted octanol–water partition coefficient (Wildman–Crippen LogP) is 5.47. The molecule has 0 fully saturated rings. The van der Waals surface area contributed by atoms with Crippen molar-refractivity contribution in [3.05, 3.63) is 48.0 Å². The van der Waals surface area contributed by atoms with Crippen LogP contribution in [0.2, 0.25) is 0 Å². The van der Waals surface area contributed by atoms with Gasteiger partial charge in [-0.1, -0.05) is 0 Å². The monoisotopic (exact) mass is 704 g/mol. The molecular formula is C34H40N8O5S2. The normalized spacial score (nSPS) is 11.4. The SMILES string of the molecule is CCN(CC)C(=O)CCSc1ccc2nn(-c3cc(C(C)=O)c(O)c(-n4nc5ccc(SCCC(=O)N(CC)CC)cc5n4)c3O)nc2c1. The van der Waals surface area contributed by atoms with E-state index in [0.717, 1.165) is 14.6 Å². The molecule has 2 N–H and O–H groups in total. The third-order valence-electron chi connectivity index (χ3n) is 8.13. The number of phenolic OH excluding ortho intramolecular Hbond substituents is 2. The Kier molecular flexibility index (Phi) is 11.4. The van der Waals surface area contributed by atoms with Crippen LogP contribution in [0.3, 0.4) is 0 Å². The number of thioether (sulfide) groups is 2. The minimum absolute atomic E-state index is 0.0590. The Bertz CT molecular complexity index is 2000. The highest BCUT2D eigenvalue weighted by atomic mass is 32.2. The summed E-state index contributed by atoms with van der Waals surface area (Å²) in [6, 6.07) is 12.4. The Morgan fingerprint density at radius 2 is 1.10 bits per heavy atom. The van der Waals surface area contributed by atoms with Crippen LogP contribution in [0.4, 0.5) is 0 Å². The van der Waals surface area contributed by atoms with Gasteiger partial charge in [0.1, 0.15) is 27.8 Å². The zero-order valence-electron chi connectivity index (χ0n) is 28.2. The highest BCUT2D eigenvalue weighted by Gasteiger charge is 2.25. The summed E-state index contributed by atoms with van der Waals surface area (Å²) in [6.45, 7) is 11.9. The lowest BCUT2D eigenvalue weighted by molar-refractivity contribution is -0.131. The number of nitrogens with zero attached hydrogens (tertiary/aromatic N) is 8. The third-order valence-corrected chi connectivity index (χ3v) is 10.1. The molecule has 2 amide bonds. The summed E-state index contributed by atoms with van der Waals surface area (Å²) in [5.74, 6) is 0.0926. The molecule has 0 atom stereocenters. The molecule has 0 radical (unpaired) electrons. The Balaban J connectivity index is 1.41. The smallest absolute Gasteiger partial charge is 0.223 e. The van der Waals surface area contributed by atoms with Crippen LogP contribution < -0.4 is 0 Å². The van der Waals surface area contributed by atoms with Gasteiger partial charge in [0.25, 0.3) is 0 Å². The van der Waals surface area contributed by atoms with Crippen LogP contribution in [0.5, 0.6) is 11.5 Å². The molecule has 0 aliphatic heterocycles. The summed E-state index contributed by atoms with van der Waals surface area (Å²) in [5, 5.41) is 40.7. The molecule has 49 heavy (non-hydrogen) atoms. The highest BCUT2D eigenvalue weighted by molar-refractivity contribution is 7.99. The molecule has 15 heteroatoms. The van der Waals surface area contributed by atoms with E-state index in [2.05, 4.69) is 20.4 Å². The minimum atomic E-state index is -0.478. The van der Waals surface area contributed by atoms with E-state index in [0.29, 0.717) is 72.6 Å². The van der Waals surface area contributed by atoms with Crippen molar-refractivity contribution in [3.63, 3.8) is 0 Å². The number of fused-ring (bicyclic) bond motifs is 2. The zero-order valence-corrected chi connectivity index (χ0v) is 29.8. The quantitative estimate of drug-likeness (QED) is 0.105. The van der Waals surface area contributed by atoms with Gasteiger partial charge in [-0.3, -0.25) is 14.4 Å². The first kappa shape index (κ1) is 35.7. The van der Waals surface area contributed by atoms with Gasteiger partial charge in [-0.25, -0.2) is 0 Å². The largest absolute Gasteiger partial charge is 0.505 e. The lowest BCUT2D eigenvalue weighted by Crippen LogP contribution is -2.30. The first-order valence-corrected chi connectivity index (χ1v) is 18.2. The molecule has 2 heterocycles. The maximum Gasteiger partial charge on any atom is 0.223 e. The van der Waals surface area contributed by atoms with Crippen LogP contribution in [0, 0.1) is 0 Å². The maximum absolute atomic E-state index is 12.6. The van der Waals surface area contributed by atoms with E-state index < -0.39 is 17.3 Å². The first-order valence-electron chi connectivity index (χ1n) is 16.2. The second kappa shape index (κ2) is 15.7. The average Bonchev–Trinajstić information content (AvgIpc) is 3.69. The predicted molar refractivity (Wildman–Crippen MR) is 191 cm³/mol. The van der Waals surface area contributed by atoms with Gasteiger partial charge >= 0.3 is 0 Å². The number of phenols is 2. The van der Waals surface area contributed by atoms with E-state index in [9.17, 15) is 24.6 Å². The maximum atomic E-state index is 12.6. The van der Waals surface area contributed by atoms with Crippen LogP contribution in [-0.4, -0.2) is 105 Å². The molecule has 0 spiro atoms. The van der Waals surface area contributed by atoms with Crippen LogP contribution in [-0.2, 0) is 9.59 Å². The van der Waals surface area contributed by atoms with E-state index in [-0.39, 0.29) is 28.8 Å². The minimum Gasteiger partial charge on any atom is -0.505 e. The number of benzene rings is 3. The molecule has 0 aliphatic rings. The third kappa shape index (κ3) is 7.83. The lowest BCUT2D eigenvalue weighted by Gasteiger charge is -2.18. The Morgan fingerprint density at radius 3 is 1.57 bits per heavy atom. The van der Waals surface area contributed by atoms with Crippen LogP contribution in [0.25, 0.3) is 33.4 Å². The van der Waals surface area contributed by atoms with Gasteiger partial charge in [-0.2, -0.15) is 0 Å². The summed E-state index contributed by atoms with van der Waals surface area (Å²) in [4.78, 5) is 45.1. The summed E-state index contributed by atoms with van der Waals surface area (Å²) < 4.78 is 0. The molecule has 0 saturated carbocycles. The molecule has 0 aliphatic carbocycles. The van der Waals surface area contributed by atoms with Gasteiger partial charge in [0.05, 0.1) is 5.56 Å². The summed E-state index contributed by atoms with van der Waals surface area (Å²) in [6.07, 6.45) is 0.831. The van der Waals surface area contributed by atoms with Crippen molar-refractivity contribution in [3.8, 4) is 22.9 Å². The fourth-order valence-electron chi connectivity index (χ4n) is 5.40. The van der Waals surface area contributed by atoms with Crippen molar-refractivity contribution in [1.82, 2.24) is 39.8 Å². The number of amides is 2. The van der Waals surface area contributed by atoms with Gasteiger partial charge in [0.15, 0.2) is 23.0 Å². The lowest BCUT2D eigenvalue weighted by atomic mass is 10.1. The average molecular weight is 705 g/mol. The molecule has 0 unspecified atom stereocenters. The molecule has 0 saturated heterocycles. The summed E-state index contributed by atoms with van der Waals surface area (Å²) >= 11 is 3.06. The zero-order chi connectivity index (χ0) is 35.2. The number of hydrogen-bond acceptors (Lipinski definition) is 11. The summed E-state index contributed by atoms with van der Waals surface area (Å²) in [7, 11) is 0. The van der Waals surface area contributed by atoms with Crippen molar-refractivity contribution >= 4 is 63.2 Å². The van der Waals surface area contributed by atoms with Crippen molar-refractivity contribution in [2.75, 3.05) is 37.7 Å². The number of carbonyl (C=O) groups is 3. The second-order valence-corrected chi connectivity index (χ2v) is 13.5. The number of ketones is 1. The molecular weight excluding hydrogens is 665 g/mol. The number of rotatable bonds is 15. The molecule has 2 aromatic heterocycles. The first-order chi connectivity index (χ1) is 23.6. The standard InChI is InChI=1S/C34H40N8O5S2/c1-6-39(7-2)30(44)14-16-48-22-10-12-25-27(18-22)37-41(35-25)29-20-24(21(5)43)33(46)32(34(29)47)42-36-26-13-11-23(19-28(26)38-42)49-17-15-31(45)40(8-3)9-4/h10-13,18-20,46-47H,6-9,14-17H2,1-5H3. The van der Waals surface area contributed by atoms with E-state index in [4.69, 9.17) is 0 Å². The number of hydrogen-bond donors (Lipinski definition) is 2. The highest BCUT2D eigenvalue weighted by Crippen LogP contribution is 2.39. The molecule has 0 bridgehead atoms. The topological polar surface area (TPSA) is 160 Å².